The van der Waals surface area contributed by atoms with Crippen LogP contribution in [0.15, 0.2) is 0 Å². The maximum absolute atomic E-state index is 5.73. The zero-order valence-corrected chi connectivity index (χ0v) is 8.34. The molecule has 0 atom stereocenters. The summed E-state index contributed by atoms with van der Waals surface area (Å²) in [5, 5.41) is 0. The number of hydrogen-bond acceptors (Lipinski definition) is 2. The SMILES string of the molecule is CC(C)OC1CC2(C1)CN(C)C2. The van der Waals surface area contributed by atoms with Crippen molar-refractivity contribution in [2.75, 3.05) is 20.1 Å². The Hall–Kier alpha value is -0.0800. The number of nitrogens with zero attached hydrogens (tertiary/aromatic N) is 1. The fourth-order valence-electron chi connectivity index (χ4n) is 2.74. The van der Waals surface area contributed by atoms with Gasteiger partial charge >= 0.3 is 0 Å². The Labute approximate surface area is 74.9 Å². The first kappa shape index (κ1) is 8.52. The minimum Gasteiger partial charge on any atom is -0.376 e. The fraction of sp³-hybridized carbons (Fsp3) is 1.00. The molecule has 1 spiro atoms. The molecule has 2 heteroatoms. The lowest BCUT2D eigenvalue weighted by molar-refractivity contribution is -0.157. The normalized spacial score (nSPS) is 29.0. The van der Waals surface area contributed by atoms with Gasteiger partial charge in [-0.2, -0.15) is 0 Å². The molecule has 2 fully saturated rings. The van der Waals surface area contributed by atoms with Gasteiger partial charge in [-0.25, -0.2) is 0 Å². The maximum Gasteiger partial charge on any atom is 0.0591 e. The van der Waals surface area contributed by atoms with Crippen LogP contribution < -0.4 is 0 Å². The molecule has 1 aliphatic carbocycles. The minimum absolute atomic E-state index is 0.408. The average Bonchev–Trinajstić information content (AvgIpc) is 1.78. The first-order valence-corrected chi connectivity index (χ1v) is 4.94. The highest BCUT2D eigenvalue weighted by Gasteiger charge is 2.51. The van der Waals surface area contributed by atoms with Crippen LogP contribution in [-0.2, 0) is 4.74 Å². The van der Waals surface area contributed by atoms with Gasteiger partial charge in [0.15, 0.2) is 0 Å². The molecule has 2 rings (SSSR count). The van der Waals surface area contributed by atoms with Crippen molar-refractivity contribution < 1.29 is 4.74 Å². The van der Waals surface area contributed by atoms with Gasteiger partial charge in [0.05, 0.1) is 12.2 Å². The van der Waals surface area contributed by atoms with Gasteiger partial charge in [0, 0.05) is 18.5 Å². The second-order valence-corrected chi connectivity index (χ2v) is 4.89. The Bertz CT molecular complexity index is 165. The number of rotatable bonds is 2. The first-order chi connectivity index (χ1) is 5.60. The van der Waals surface area contributed by atoms with Crippen molar-refractivity contribution >= 4 is 0 Å². The van der Waals surface area contributed by atoms with E-state index in [1.165, 1.54) is 25.9 Å². The molecule has 0 unspecified atom stereocenters. The van der Waals surface area contributed by atoms with Gasteiger partial charge in [-0.1, -0.05) is 0 Å². The highest BCUT2D eigenvalue weighted by atomic mass is 16.5. The van der Waals surface area contributed by atoms with Gasteiger partial charge in [-0.05, 0) is 33.7 Å². The van der Waals surface area contributed by atoms with Gasteiger partial charge in [0.25, 0.3) is 0 Å². The van der Waals surface area contributed by atoms with Gasteiger partial charge in [-0.3, -0.25) is 0 Å². The average molecular weight is 169 g/mol. The predicted molar refractivity (Wildman–Crippen MR) is 49.2 cm³/mol. The van der Waals surface area contributed by atoms with Crippen LogP contribution in [-0.4, -0.2) is 37.2 Å². The Morgan fingerprint density at radius 1 is 1.33 bits per heavy atom. The number of hydrogen-bond donors (Lipinski definition) is 0. The summed E-state index contributed by atoms with van der Waals surface area (Å²) in [4.78, 5) is 2.39. The Kier molecular flexibility index (Phi) is 1.92. The topological polar surface area (TPSA) is 12.5 Å². The molecule has 0 radical (unpaired) electrons. The molecule has 0 aromatic heterocycles. The van der Waals surface area contributed by atoms with Crippen LogP contribution >= 0.6 is 0 Å². The number of ether oxygens (including phenoxy) is 1. The van der Waals surface area contributed by atoms with Gasteiger partial charge in [0.2, 0.25) is 0 Å². The Morgan fingerprint density at radius 2 is 1.92 bits per heavy atom. The molecule has 1 saturated heterocycles. The van der Waals surface area contributed by atoms with E-state index in [0.717, 1.165) is 0 Å². The van der Waals surface area contributed by atoms with Crippen LogP contribution in [0.1, 0.15) is 26.7 Å². The highest BCUT2D eigenvalue weighted by molar-refractivity contribution is 5.04. The third-order valence-electron chi connectivity index (χ3n) is 3.00. The van der Waals surface area contributed by atoms with Crippen LogP contribution in [0.3, 0.4) is 0 Å². The summed E-state index contributed by atoms with van der Waals surface area (Å²) in [6.07, 6.45) is 3.58. The predicted octanol–water partition coefficient (Wildman–Crippen LogP) is 1.51. The largest absolute Gasteiger partial charge is 0.376 e. The van der Waals surface area contributed by atoms with Crippen molar-refractivity contribution in [1.82, 2.24) is 4.90 Å². The second kappa shape index (κ2) is 2.71. The molecule has 1 saturated carbocycles. The standard InChI is InChI=1S/C10H19NO/c1-8(2)12-9-4-10(5-9)6-11(3)7-10/h8-9H,4-7H2,1-3H3. The van der Waals surface area contributed by atoms with E-state index in [1.807, 2.05) is 0 Å². The van der Waals surface area contributed by atoms with Crippen molar-refractivity contribution in [3.05, 3.63) is 0 Å². The summed E-state index contributed by atoms with van der Waals surface area (Å²) in [5.41, 5.74) is 0.675. The summed E-state index contributed by atoms with van der Waals surface area (Å²) in [6, 6.07) is 0. The van der Waals surface area contributed by atoms with Crippen LogP contribution in [0.4, 0.5) is 0 Å². The van der Waals surface area contributed by atoms with Crippen LogP contribution in [0.25, 0.3) is 0 Å². The minimum atomic E-state index is 0.408. The van der Waals surface area contributed by atoms with Crippen molar-refractivity contribution in [2.45, 2.75) is 38.9 Å². The monoisotopic (exact) mass is 169 g/mol. The zero-order chi connectivity index (χ0) is 8.77. The van der Waals surface area contributed by atoms with Gasteiger partial charge in [0.1, 0.15) is 0 Å². The van der Waals surface area contributed by atoms with E-state index in [1.54, 1.807) is 0 Å². The summed E-state index contributed by atoms with van der Waals surface area (Å²) >= 11 is 0. The number of likely N-dealkylation sites (tertiary alicyclic amines) is 1. The molecular weight excluding hydrogens is 150 g/mol. The van der Waals surface area contributed by atoms with E-state index < -0.39 is 0 Å². The first-order valence-electron chi connectivity index (χ1n) is 4.94. The van der Waals surface area contributed by atoms with E-state index in [2.05, 4.69) is 25.8 Å². The van der Waals surface area contributed by atoms with Crippen LogP contribution in [0.5, 0.6) is 0 Å². The maximum atomic E-state index is 5.73. The molecule has 2 nitrogen and oxygen atoms in total. The molecule has 0 bridgehead atoms. The third-order valence-corrected chi connectivity index (χ3v) is 3.00. The Morgan fingerprint density at radius 3 is 2.33 bits per heavy atom. The van der Waals surface area contributed by atoms with Crippen molar-refractivity contribution in [3.8, 4) is 0 Å². The van der Waals surface area contributed by atoms with Crippen molar-refractivity contribution in [3.63, 3.8) is 0 Å². The molecule has 12 heavy (non-hydrogen) atoms. The quantitative estimate of drug-likeness (QED) is 0.621. The molecule has 2 aliphatic rings. The molecular formula is C10H19NO. The van der Waals surface area contributed by atoms with Gasteiger partial charge < -0.3 is 9.64 Å². The van der Waals surface area contributed by atoms with Crippen LogP contribution in [0, 0.1) is 5.41 Å². The van der Waals surface area contributed by atoms with Crippen molar-refractivity contribution in [1.29, 1.82) is 0 Å². The second-order valence-electron chi connectivity index (χ2n) is 4.89. The Balaban J connectivity index is 1.70. The van der Waals surface area contributed by atoms with E-state index in [0.29, 0.717) is 17.6 Å². The molecule has 70 valence electrons. The summed E-state index contributed by atoms with van der Waals surface area (Å²) < 4.78 is 5.73. The summed E-state index contributed by atoms with van der Waals surface area (Å²) in [5.74, 6) is 0. The zero-order valence-electron chi connectivity index (χ0n) is 8.34. The molecule has 1 heterocycles. The molecule has 1 aliphatic heterocycles. The van der Waals surface area contributed by atoms with Gasteiger partial charge in [-0.15, -0.1) is 0 Å². The van der Waals surface area contributed by atoms with E-state index in [-0.39, 0.29) is 0 Å². The van der Waals surface area contributed by atoms with E-state index >= 15 is 0 Å². The third kappa shape index (κ3) is 1.38. The fourth-order valence-corrected chi connectivity index (χ4v) is 2.74. The lowest BCUT2D eigenvalue weighted by Crippen LogP contribution is -2.62. The molecule has 0 aromatic rings. The lowest BCUT2D eigenvalue weighted by atomic mass is 9.62. The lowest BCUT2D eigenvalue weighted by Gasteiger charge is -2.58. The molecule has 0 N–H and O–H groups in total. The van der Waals surface area contributed by atoms with E-state index in [4.69, 9.17) is 4.74 Å². The molecule has 0 aromatic carbocycles. The summed E-state index contributed by atoms with van der Waals surface area (Å²) in [6.45, 7) is 6.84. The van der Waals surface area contributed by atoms with Crippen molar-refractivity contribution in [2.24, 2.45) is 5.41 Å². The molecule has 0 amide bonds. The van der Waals surface area contributed by atoms with Crippen LogP contribution in [0.2, 0.25) is 0 Å². The van der Waals surface area contributed by atoms with E-state index in [9.17, 15) is 0 Å². The highest BCUT2D eigenvalue weighted by Crippen LogP contribution is 2.49. The smallest absolute Gasteiger partial charge is 0.0591 e. The summed E-state index contributed by atoms with van der Waals surface area (Å²) in [7, 11) is 2.20.